The molecule has 1 amide bonds. The standard InChI is InChI=1S/C15H13ClN2O/c1-11-6-8-12(9-7-11)15(19)18-17-10-13-4-2-3-5-14(13)16/h2-10H,1H3,(H,18,19)/b17-10-. The van der Waals surface area contributed by atoms with Gasteiger partial charge in [-0.2, -0.15) is 5.10 Å². The molecule has 3 nitrogen and oxygen atoms in total. The van der Waals surface area contributed by atoms with Crippen molar-refractivity contribution in [2.75, 3.05) is 0 Å². The number of amides is 1. The number of benzene rings is 2. The maximum Gasteiger partial charge on any atom is 0.271 e. The lowest BCUT2D eigenvalue weighted by atomic mass is 10.1. The van der Waals surface area contributed by atoms with Crippen LogP contribution < -0.4 is 5.43 Å². The van der Waals surface area contributed by atoms with Crippen molar-refractivity contribution >= 4 is 23.7 Å². The Morgan fingerprint density at radius 1 is 1.16 bits per heavy atom. The van der Waals surface area contributed by atoms with E-state index in [0.717, 1.165) is 11.1 Å². The molecule has 0 aliphatic carbocycles. The molecule has 0 aromatic heterocycles. The van der Waals surface area contributed by atoms with Crippen LogP contribution in [0.4, 0.5) is 0 Å². The molecular formula is C15H13ClN2O. The van der Waals surface area contributed by atoms with Gasteiger partial charge in [-0.3, -0.25) is 4.79 Å². The predicted molar refractivity (Wildman–Crippen MR) is 77.7 cm³/mol. The van der Waals surface area contributed by atoms with Gasteiger partial charge >= 0.3 is 0 Å². The number of carbonyl (C=O) groups is 1. The average Bonchev–Trinajstić information content (AvgIpc) is 2.41. The third kappa shape index (κ3) is 3.66. The first-order valence-electron chi connectivity index (χ1n) is 5.81. The molecule has 0 radical (unpaired) electrons. The highest BCUT2D eigenvalue weighted by atomic mass is 35.5. The summed E-state index contributed by atoms with van der Waals surface area (Å²) in [5.74, 6) is -0.247. The van der Waals surface area contributed by atoms with Gasteiger partial charge in [0, 0.05) is 16.1 Å². The summed E-state index contributed by atoms with van der Waals surface area (Å²) < 4.78 is 0. The van der Waals surface area contributed by atoms with Crippen LogP contribution in [0.2, 0.25) is 5.02 Å². The summed E-state index contributed by atoms with van der Waals surface area (Å²) in [4.78, 5) is 11.8. The molecule has 2 aromatic carbocycles. The van der Waals surface area contributed by atoms with E-state index >= 15 is 0 Å². The molecule has 0 unspecified atom stereocenters. The smallest absolute Gasteiger partial charge is 0.267 e. The maximum atomic E-state index is 11.8. The fourth-order valence-corrected chi connectivity index (χ4v) is 1.69. The Labute approximate surface area is 116 Å². The van der Waals surface area contributed by atoms with E-state index in [1.807, 2.05) is 37.3 Å². The van der Waals surface area contributed by atoms with E-state index in [1.165, 1.54) is 6.21 Å². The number of halogens is 1. The molecule has 0 atom stereocenters. The number of rotatable bonds is 3. The summed E-state index contributed by atoms with van der Waals surface area (Å²) in [6, 6.07) is 14.6. The number of carbonyl (C=O) groups excluding carboxylic acids is 1. The lowest BCUT2D eigenvalue weighted by molar-refractivity contribution is 0.0955. The molecule has 0 saturated carbocycles. The van der Waals surface area contributed by atoms with Crippen LogP contribution in [-0.2, 0) is 0 Å². The van der Waals surface area contributed by atoms with Gasteiger partial charge in [0.1, 0.15) is 0 Å². The zero-order chi connectivity index (χ0) is 13.7. The fourth-order valence-electron chi connectivity index (χ4n) is 1.51. The van der Waals surface area contributed by atoms with E-state index in [1.54, 1.807) is 18.2 Å². The minimum Gasteiger partial charge on any atom is -0.267 e. The first kappa shape index (κ1) is 13.3. The minimum atomic E-state index is -0.247. The number of nitrogens with zero attached hydrogens (tertiary/aromatic N) is 1. The second kappa shape index (κ2) is 6.16. The lowest BCUT2D eigenvalue weighted by Crippen LogP contribution is -2.17. The van der Waals surface area contributed by atoms with Gasteiger partial charge in [-0.1, -0.05) is 47.5 Å². The first-order chi connectivity index (χ1) is 9.16. The lowest BCUT2D eigenvalue weighted by Gasteiger charge is -2.00. The summed E-state index contributed by atoms with van der Waals surface area (Å²) in [6.45, 7) is 1.97. The number of nitrogens with one attached hydrogen (secondary N) is 1. The van der Waals surface area contributed by atoms with E-state index in [9.17, 15) is 4.79 Å². The molecule has 0 bridgehead atoms. The Morgan fingerprint density at radius 2 is 1.84 bits per heavy atom. The van der Waals surface area contributed by atoms with Crippen LogP contribution in [-0.4, -0.2) is 12.1 Å². The Kier molecular flexibility index (Phi) is 4.31. The molecule has 0 heterocycles. The molecular weight excluding hydrogens is 260 g/mol. The van der Waals surface area contributed by atoms with Crippen LogP contribution >= 0.6 is 11.6 Å². The van der Waals surface area contributed by atoms with Crippen LogP contribution in [0, 0.1) is 6.92 Å². The predicted octanol–water partition coefficient (Wildman–Crippen LogP) is 3.41. The van der Waals surface area contributed by atoms with Gasteiger partial charge in [0.25, 0.3) is 5.91 Å². The van der Waals surface area contributed by atoms with E-state index in [2.05, 4.69) is 10.5 Å². The Bertz CT molecular complexity index is 606. The zero-order valence-corrected chi connectivity index (χ0v) is 11.2. The molecule has 0 saturated heterocycles. The van der Waals surface area contributed by atoms with E-state index in [-0.39, 0.29) is 5.91 Å². The van der Waals surface area contributed by atoms with Gasteiger partial charge < -0.3 is 0 Å². The SMILES string of the molecule is Cc1ccc(C(=O)N/N=C\c2ccccc2Cl)cc1. The topological polar surface area (TPSA) is 41.5 Å². The molecule has 0 aliphatic rings. The second-order valence-corrected chi connectivity index (χ2v) is 4.49. The van der Waals surface area contributed by atoms with Crippen LogP contribution in [0.25, 0.3) is 0 Å². The van der Waals surface area contributed by atoms with Crippen LogP contribution in [0.3, 0.4) is 0 Å². The molecule has 1 N–H and O–H groups in total. The van der Waals surface area contributed by atoms with Crippen LogP contribution in [0.1, 0.15) is 21.5 Å². The normalized spacial score (nSPS) is 10.6. The van der Waals surface area contributed by atoms with Crippen molar-refractivity contribution in [2.24, 2.45) is 5.10 Å². The minimum absolute atomic E-state index is 0.247. The molecule has 2 aromatic rings. The largest absolute Gasteiger partial charge is 0.271 e. The van der Waals surface area contributed by atoms with Crippen molar-refractivity contribution in [1.82, 2.24) is 5.43 Å². The monoisotopic (exact) mass is 272 g/mol. The number of hydrazone groups is 1. The molecule has 96 valence electrons. The van der Waals surface area contributed by atoms with Crippen molar-refractivity contribution in [3.8, 4) is 0 Å². The Hall–Kier alpha value is -2.13. The van der Waals surface area contributed by atoms with Gasteiger partial charge in [0.2, 0.25) is 0 Å². The quantitative estimate of drug-likeness (QED) is 0.675. The van der Waals surface area contributed by atoms with E-state index < -0.39 is 0 Å². The summed E-state index contributed by atoms with van der Waals surface area (Å²) in [7, 11) is 0. The summed E-state index contributed by atoms with van der Waals surface area (Å²) in [5.41, 5.74) is 4.90. The third-order valence-electron chi connectivity index (χ3n) is 2.59. The molecule has 0 aliphatic heterocycles. The summed E-state index contributed by atoms with van der Waals surface area (Å²) >= 11 is 5.97. The highest BCUT2D eigenvalue weighted by Crippen LogP contribution is 2.12. The van der Waals surface area contributed by atoms with E-state index in [4.69, 9.17) is 11.6 Å². The number of aryl methyl sites for hydroxylation is 1. The van der Waals surface area contributed by atoms with Crippen LogP contribution in [0.5, 0.6) is 0 Å². The second-order valence-electron chi connectivity index (χ2n) is 4.09. The molecule has 19 heavy (non-hydrogen) atoms. The summed E-state index contributed by atoms with van der Waals surface area (Å²) in [6.07, 6.45) is 1.52. The first-order valence-corrected chi connectivity index (χ1v) is 6.19. The van der Waals surface area contributed by atoms with Crippen molar-refractivity contribution in [1.29, 1.82) is 0 Å². The summed E-state index contributed by atoms with van der Waals surface area (Å²) in [5, 5.41) is 4.49. The molecule has 0 fully saturated rings. The van der Waals surface area contributed by atoms with Gasteiger partial charge in [0.05, 0.1) is 6.21 Å². The highest BCUT2D eigenvalue weighted by molar-refractivity contribution is 6.33. The highest BCUT2D eigenvalue weighted by Gasteiger charge is 2.02. The third-order valence-corrected chi connectivity index (χ3v) is 2.93. The van der Waals surface area contributed by atoms with Gasteiger partial charge in [-0.25, -0.2) is 5.43 Å². The van der Waals surface area contributed by atoms with Gasteiger partial charge in [0.15, 0.2) is 0 Å². The van der Waals surface area contributed by atoms with Gasteiger partial charge in [-0.05, 0) is 25.1 Å². The molecule has 0 spiro atoms. The fraction of sp³-hybridized carbons (Fsp3) is 0.0667. The zero-order valence-electron chi connectivity index (χ0n) is 10.4. The van der Waals surface area contributed by atoms with Gasteiger partial charge in [-0.15, -0.1) is 0 Å². The van der Waals surface area contributed by atoms with E-state index in [0.29, 0.717) is 10.6 Å². The van der Waals surface area contributed by atoms with Crippen LogP contribution in [0.15, 0.2) is 53.6 Å². The average molecular weight is 273 g/mol. The molecule has 4 heteroatoms. The van der Waals surface area contributed by atoms with Crippen molar-refractivity contribution < 1.29 is 4.79 Å². The van der Waals surface area contributed by atoms with Crippen molar-refractivity contribution in [3.63, 3.8) is 0 Å². The Balaban J connectivity index is 2.01. The maximum absolute atomic E-state index is 11.8. The number of hydrogen-bond donors (Lipinski definition) is 1. The Morgan fingerprint density at radius 3 is 2.53 bits per heavy atom. The molecule has 2 rings (SSSR count). The van der Waals surface area contributed by atoms with Crippen molar-refractivity contribution in [3.05, 3.63) is 70.2 Å². The number of hydrogen-bond acceptors (Lipinski definition) is 2. The van der Waals surface area contributed by atoms with Crippen molar-refractivity contribution in [2.45, 2.75) is 6.92 Å².